The predicted octanol–water partition coefficient (Wildman–Crippen LogP) is 2.94. The van der Waals surface area contributed by atoms with Crippen LogP contribution in [0.1, 0.15) is 17.7 Å². The van der Waals surface area contributed by atoms with Crippen molar-refractivity contribution in [1.29, 1.82) is 0 Å². The average molecular weight is 298 g/mol. The fourth-order valence-corrected chi connectivity index (χ4v) is 2.61. The van der Waals surface area contributed by atoms with E-state index < -0.39 is 0 Å². The molecule has 0 bridgehead atoms. The third kappa shape index (κ3) is 3.21. The highest BCUT2D eigenvalue weighted by molar-refractivity contribution is 7.16. The number of ether oxygens (including phenoxy) is 1. The zero-order valence-corrected chi connectivity index (χ0v) is 12.0. The molecular formula is C12H12ClN3O2S. The molecule has 0 spiro atoms. The molecule has 0 saturated carbocycles. The third-order valence-corrected chi connectivity index (χ3v) is 3.95. The number of thiophene rings is 1. The van der Waals surface area contributed by atoms with E-state index >= 15 is 0 Å². The van der Waals surface area contributed by atoms with Crippen molar-refractivity contribution < 1.29 is 9.53 Å². The van der Waals surface area contributed by atoms with Gasteiger partial charge in [0, 0.05) is 4.88 Å². The molecule has 1 atom stereocenters. The SMILES string of the molecule is COc1ncncc1NC(=O)C(C)c1ccc(Cl)s1. The number of hydrogen-bond donors (Lipinski definition) is 1. The molecule has 0 aliphatic heterocycles. The normalized spacial score (nSPS) is 11.9. The van der Waals surface area contributed by atoms with E-state index in [1.54, 1.807) is 6.07 Å². The summed E-state index contributed by atoms with van der Waals surface area (Å²) in [6.45, 7) is 1.81. The number of rotatable bonds is 4. The highest BCUT2D eigenvalue weighted by atomic mass is 35.5. The molecule has 1 N–H and O–H groups in total. The lowest BCUT2D eigenvalue weighted by atomic mass is 10.1. The van der Waals surface area contributed by atoms with Gasteiger partial charge in [-0.15, -0.1) is 11.3 Å². The van der Waals surface area contributed by atoms with Gasteiger partial charge in [0.15, 0.2) is 0 Å². The average Bonchev–Trinajstić information content (AvgIpc) is 2.85. The molecule has 2 heterocycles. The maximum atomic E-state index is 12.1. The monoisotopic (exact) mass is 297 g/mol. The van der Waals surface area contributed by atoms with Crippen molar-refractivity contribution in [3.63, 3.8) is 0 Å². The molecule has 0 radical (unpaired) electrons. The van der Waals surface area contributed by atoms with Crippen molar-refractivity contribution in [2.24, 2.45) is 0 Å². The van der Waals surface area contributed by atoms with E-state index in [2.05, 4.69) is 15.3 Å². The number of nitrogens with one attached hydrogen (secondary N) is 1. The van der Waals surface area contributed by atoms with Crippen molar-refractivity contribution in [2.45, 2.75) is 12.8 Å². The van der Waals surface area contributed by atoms with Crippen LogP contribution in [-0.4, -0.2) is 23.0 Å². The van der Waals surface area contributed by atoms with E-state index in [0.717, 1.165) is 4.88 Å². The highest BCUT2D eigenvalue weighted by Gasteiger charge is 2.19. The van der Waals surface area contributed by atoms with Crippen molar-refractivity contribution >= 4 is 34.5 Å². The molecule has 19 heavy (non-hydrogen) atoms. The number of hydrogen-bond acceptors (Lipinski definition) is 5. The Morgan fingerprint density at radius 1 is 1.53 bits per heavy atom. The second-order valence-corrected chi connectivity index (χ2v) is 5.55. The minimum Gasteiger partial charge on any atom is -0.479 e. The van der Waals surface area contributed by atoms with Crippen LogP contribution in [0.15, 0.2) is 24.7 Å². The fraction of sp³-hybridized carbons (Fsp3) is 0.250. The second-order valence-electron chi connectivity index (χ2n) is 3.80. The molecule has 0 aliphatic rings. The lowest BCUT2D eigenvalue weighted by Gasteiger charge is -2.11. The third-order valence-electron chi connectivity index (χ3n) is 2.54. The number of aromatic nitrogens is 2. The first-order chi connectivity index (χ1) is 9.11. The minimum atomic E-state index is -0.303. The van der Waals surface area contributed by atoms with Crippen LogP contribution in [0.25, 0.3) is 0 Å². The molecule has 1 unspecified atom stereocenters. The van der Waals surface area contributed by atoms with Gasteiger partial charge in [-0.2, -0.15) is 4.98 Å². The van der Waals surface area contributed by atoms with E-state index in [4.69, 9.17) is 16.3 Å². The first-order valence-corrected chi connectivity index (χ1v) is 6.71. The molecule has 2 aromatic rings. The molecule has 0 fully saturated rings. The quantitative estimate of drug-likeness (QED) is 0.942. The smallest absolute Gasteiger partial charge is 0.240 e. The molecule has 2 aromatic heterocycles. The van der Waals surface area contributed by atoms with Crippen LogP contribution in [0.2, 0.25) is 4.34 Å². The van der Waals surface area contributed by atoms with Gasteiger partial charge in [0.2, 0.25) is 11.8 Å². The van der Waals surface area contributed by atoms with Gasteiger partial charge in [-0.1, -0.05) is 11.6 Å². The van der Waals surface area contributed by atoms with E-state index in [-0.39, 0.29) is 11.8 Å². The van der Waals surface area contributed by atoms with E-state index in [0.29, 0.717) is 15.9 Å². The summed E-state index contributed by atoms with van der Waals surface area (Å²) in [5, 5.41) is 2.74. The Balaban J connectivity index is 2.12. The summed E-state index contributed by atoms with van der Waals surface area (Å²) in [7, 11) is 1.49. The summed E-state index contributed by atoms with van der Waals surface area (Å²) in [6, 6.07) is 3.62. The first-order valence-electron chi connectivity index (χ1n) is 5.52. The van der Waals surface area contributed by atoms with Crippen molar-refractivity contribution in [1.82, 2.24) is 9.97 Å². The molecule has 100 valence electrons. The lowest BCUT2D eigenvalue weighted by molar-refractivity contribution is -0.117. The Morgan fingerprint density at radius 2 is 2.32 bits per heavy atom. The second kappa shape index (κ2) is 5.99. The maximum absolute atomic E-state index is 12.1. The Morgan fingerprint density at radius 3 is 2.95 bits per heavy atom. The summed E-state index contributed by atoms with van der Waals surface area (Å²) in [5.74, 6) is -0.131. The zero-order chi connectivity index (χ0) is 13.8. The van der Waals surface area contributed by atoms with Gasteiger partial charge in [0.1, 0.15) is 12.0 Å². The largest absolute Gasteiger partial charge is 0.479 e. The standard InChI is InChI=1S/C12H12ClN3O2S/c1-7(9-3-4-10(13)19-9)11(17)16-8-5-14-6-15-12(8)18-2/h3-7H,1-2H3,(H,16,17). The number of amides is 1. The summed E-state index contributed by atoms with van der Waals surface area (Å²) in [4.78, 5) is 20.8. The first kappa shape index (κ1) is 13.8. The number of methoxy groups -OCH3 is 1. The Kier molecular flexibility index (Phi) is 4.34. The molecule has 7 heteroatoms. The van der Waals surface area contributed by atoms with Gasteiger partial charge in [-0.25, -0.2) is 4.98 Å². The summed E-state index contributed by atoms with van der Waals surface area (Å²) in [6.07, 6.45) is 2.86. The van der Waals surface area contributed by atoms with Gasteiger partial charge in [0.05, 0.1) is 23.6 Å². The van der Waals surface area contributed by atoms with Crippen LogP contribution in [0.3, 0.4) is 0 Å². The highest BCUT2D eigenvalue weighted by Crippen LogP contribution is 2.29. The van der Waals surface area contributed by atoms with E-state index in [1.807, 2.05) is 13.0 Å². The van der Waals surface area contributed by atoms with Crippen molar-refractivity contribution in [3.05, 3.63) is 33.9 Å². The Hall–Kier alpha value is -1.66. The Labute approximate surface area is 119 Å². The summed E-state index contributed by atoms with van der Waals surface area (Å²) >= 11 is 7.25. The fourth-order valence-electron chi connectivity index (χ4n) is 1.50. The molecule has 2 rings (SSSR count). The molecule has 0 aromatic carbocycles. The molecular weight excluding hydrogens is 286 g/mol. The van der Waals surface area contributed by atoms with Crippen LogP contribution in [0.4, 0.5) is 5.69 Å². The topological polar surface area (TPSA) is 64.1 Å². The van der Waals surface area contributed by atoms with E-state index in [1.165, 1.54) is 31.0 Å². The van der Waals surface area contributed by atoms with Gasteiger partial charge in [-0.3, -0.25) is 4.79 Å². The summed E-state index contributed by atoms with van der Waals surface area (Å²) in [5.41, 5.74) is 0.449. The van der Waals surface area contributed by atoms with Gasteiger partial charge >= 0.3 is 0 Å². The van der Waals surface area contributed by atoms with Gasteiger partial charge in [-0.05, 0) is 19.1 Å². The van der Waals surface area contributed by atoms with E-state index in [9.17, 15) is 4.79 Å². The molecule has 0 aliphatic carbocycles. The number of anilines is 1. The Bertz CT molecular complexity index is 588. The predicted molar refractivity (Wildman–Crippen MR) is 75.0 cm³/mol. The number of carbonyl (C=O) groups excluding carboxylic acids is 1. The van der Waals surface area contributed by atoms with Crippen molar-refractivity contribution in [2.75, 3.05) is 12.4 Å². The zero-order valence-electron chi connectivity index (χ0n) is 10.4. The maximum Gasteiger partial charge on any atom is 0.240 e. The molecule has 0 saturated heterocycles. The molecule has 1 amide bonds. The van der Waals surface area contributed by atoms with Gasteiger partial charge in [0.25, 0.3) is 0 Å². The van der Waals surface area contributed by atoms with Crippen molar-refractivity contribution in [3.8, 4) is 5.88 Å². The lowest BCUT2D eigenvalue weighted by Crippen LogP contribution is -2.18. The molecule has 5 nitrogen and oxygen atoms in total. The van der Waals surface area contributed by atoms with Crippen LogP contribution >= 0.6 is 22.9 Å². The number of halogens is 1. The summed E-state index contributed by atoms with van der Waals surface area (Å²) < 4.78 is 5.71. The minimum absolute atomic E-state index is 0.161. The van der Waals surface area contributed by atoms with Crippen LogP contribution in [0, 0.1) is 0 Å². The van der Waals surface area contributed by atoms with Crippen LogP contribution < -0.4 is 10.1 Å². The number of carbonyl (C=O) groups is 1. The van der Waals surface area contributed by atoms with Crippen LogP contribution in [-0.2, 0) is 4.79 Å². The van der Waals surface area contributed by atoms with Gasteiger partial charge < -0.3 is 10.1 Å². The van der Waals surface area contributed by atoms with Crippen LogP contribution in [0.5, 0.6) is 5.88 Å². The number of nitrogens with zero attached hydrogens (tertiary/aromatic N) is 2.